The van der Waals surface area contributed by atoms with Crippen LogP contribution in [0.5, 0.6) is 5.75 Å². The number of benzene rings is 2. The number of hydrogen-bond donors (Lipinski definition) is 2. The molecule has 2 N–H and O–H groups in total. The molecule has 3 rings (SSSR count). The number of nitrogens with zero attached hydrogens (tertiary/aromatic N) is 1. The highest BCUT2D eigenvalue weighted by Crippen LogP contribution is 2.28. The second-order valence-corrected chi connectivity index (χ2v) is 7.68. The molecule has 1 saturated heterocycles. The summed E-state index contributed by atoms with van der Waals surface area (Å²) in [5.74, 6) is 0.896. The average Bonchev–Trinajstić information content (AvgIpc) is 2.67. The smallest absolute Gasteiger partial charge is 0.321 e. The average molecular weight is 368 g/mol. The maximum absolute atomic E-state index is 12.7. The van der Waals surface area contributed by atoms with Gasteiger partial charge in [0.2, 0.25) is 0 Å². The normalized spacial score (nSPS) is 17.5. The van der Waals surface area contributed by atoms with Crippen LogP contribution in [0.3, 0.4) is 0 Å². The predicted molar refractivity (Wildman–Crippen MR) is 108 cm³/mol. The highest BCUT2D eigenvalue weighted by atomic mass is 16.5. The van der Waals surface area contributed by atoms with E-state index in [2.05, 4.69) is 5.32 Å². The number of carbonyl (C=O) groups is 1. The standard InChI is InChI=1S/C22H28N2O3/c1-22(2,26)18-9-6-12-24(15-18)21(25)23-19-10-4-7-16(13-19)17-8-5-11-20(14-17)27-3/h4-5,7-8,10-11,13-14,18,26H,6,9,12,15H2,1-3H3,(H,23,25)/t18-/m0/s1. The summed E-state index contributed by atoms with van der Waals surface area (Å²) in [6, 6.07) is 15.5. The van der Waals surface area contributed by atoms with Crippen LogP contribution in [0.4, 0.5) is 10.5 Å². The Morgan fingerprint density at radius 1 is 1.19 bits per heavy atom. The van der Waals surface area contributed by atoms with Crippen molar-refractivity contribution < 1.29 is 14.6 Å². The Balaban J connectivity index is 1.71. The van der Waals surface area contributed by atoms with E-state index < -0.39 is 5.60 Å². The van der Waals surface area contributed by atoms with Gasteiger partial charge in [-0.05, 0) is 62.1 Å². The van der Waals surface area contributed by atoms with Crippen molar-refractivity contribution in [3.63, 3.8) is 0 Å². The van der Waals surface area contributed by atoms with E-state index in [4.69, 9.17) is 4.74 Å². The van der Waals surface area contributed by atoms with Crippen LogP contribution in [0.25, 0.3) is 11.1 Å². The van der Waals surface area contributed by atoms with Gasteiger partial charge in [-0.3, -0.25) is 0 Å². The molecule has 2 aromatic carbocycles. The summed E-state index contributed by atoms with van der Waals surface area (Å²) in [6.07, 6.45) is 1.85. The third-order valence-corrected chi connectivity index (χ3v) is 5.22. The lowest BCUT2D eigenvalue weighted by Crippen LogP contribution is -2.48. The molecule has 5 heteroatoms. The number of nitrogens with one attached hydrogen (secondary N) is 1. The van der Waals surface area contributed by atoms with Crippen LogP contribution in [0.15, 0.2) is 48.5 Å². The van der Waals surface area contributed by atoms with E-state index in [1.54, 1.807) is 12.0 Å². The van der Waals surface area contributed by atoms with Crippen molar-refractivity contribution in [3.8, 4) is 16.9 Å². The number of hydrogen-bond acceptors (Lipinski definition) is 3. The number of methoxy groups -OCH3 is 1. The Morgan fingerprint density at radius 2 is 1.89 bits per heavy atom. The van der Waals surface area contributed by atoms with Gasteiger partial charge < -0.3 is 20.1 Å². The fraction of sp³-hybridized carbons (Fsp3) is 0.409. The minimum atomic E-state index is -0.773. The summed E-state index contributed by atoms with van der Waals surface area (Å²) < 4.78 is 5.29. The molecule has 0 unspecified atom stereocenters. The number of rotatable bonds is 4. The van der Waals surface area contributed by atoms with Gasteiger partial charge in [-0.25, -0.2) is 4.79 Å². The Morgan fingerprint density at radius 3 is 2.59 bits per heavy atom. The Kier molecular flexibility index (Phi) is 5.71. The number of ether oxygens (including phenoxy) is 1. The first-order chi connectivity index (χ1) is 12.9. The number of urea groups is 1. The van der Waals surface area contributed by atoms with Gasteiger partial charge >= 0.3 is 6.03 Å². The summed E-state index contributed by atoms with van der Waals surface area (Å²) in [6.45, 7) is 4.92. The van der Waals surface area contributed by atoms with Gasteiger partial charge in [0.05, 0.1) is 12.7 Å². The van der Waals surface area contributed by atoms with Gasteiger partial charge in [-0.15, -0.1) is 0 Å². The fourth-order valence-corrected chi connectivity index (χ4v) is 3.52. The molecule has 1 fully saturated rings. The number of piperidine rings is 1. The Bertz CT molecular complexity index is 798. The van der Waals surface area contributed by atoms with E-state index in [0.29, 0.717) is 13.1 Å². The van der Waals surface area contributed by atoms with Crippen LogP contribution in [0.2, 0.25) is 0 Å². The summed E-state index contributed by atoms with van der Waals surface area (Å²) in [5, 5.41) is 13.3. The van der Waals surface area contributed by atoms with Gasteiger partial charge in [-0.1, -0.05) is 24.3 Å². The highest BCUT2D eigenvalue weighted by Gasteiger charge is 2.33. The number of aliphatic hydroxyl groups is 1. The molecule has 0 radical (unpaired) electrons. The molecule has 1 aliphatic rings. The maximum Gasteiger partial charge on any atom is 0.321 e. The molecule has 0 aromatic heterocycles. The molecule has 2 amide bonds. The van der Waals surface area contributed by atoms with Gasteiger partial charge in [-0.2, -0.15) is 0 Å². The first-order valence-electron chi connectivity index (χ1n) is 9.39. The topological polar surface area (TPSA) is 61.8 Å². The molecule has 1 heterocycles. The highest BCUT2D eigenvalue weighted by molar-refractivity contribution is 5.90. The summed E-state index contributed by atoms with van der Waals surface area (Å²) in [4.78, 5) is 14.5. The lowest BCUT2D eigenvalue weighted by atomic mass is 9.84. The summed E-state index contributed by atoms with van der Waals surface area (Å²) in [7, 11) is 1.65. The van der Waals surface area contributed by atoms with Crippen molar-refractivity contribution in [3.05, 3.63) is 48.5 Å². The molecule has 144 valence electrons. The van der Waals surface area contributed by atoms with E-state index in [0.717, 1.165) is 35.4 Å². The lowest BCUT2D eigenvalue weighted by molar-refractivity contribution is -0.00973. The second kappa shape index (κ2) is 8.01. The first-order valence-corrected chi connectivity index (χ1v) is 9.39. The number of amides is 2. The van der Waals surface area contributed by atoms with Crippen LogP contribution in [-0.2, 0) is 0 Å². The van der Waals surface area contributed by atoms with Crippen LogP contribution in [0.1, 0.15) is 26.7 Å². The van der Waals surface area contributed by atoms with Crippen molar-refractivity contribution in [2.45, 2.75) is 32.3 Å². The van der Waals surface area contributed by atoms with Crippen molar-refractivity contribution in [2.75, 3.05) is 25.5 Å². The maximum atomic E-state index is 12.7. The number of anilines is 1. The van der Waals surface area contributed by atoms with Gasteiger partial charge in [0, 0.05) is 24.7 Å². The van der Waals surface area contributed by atoms with Crippen molar-refractivity contribution in [1.82, 2.24) is 4.90 Å². The monoisotopic (exact) mass is 368 g/mol. The zero-order valence-electron chi connectivity index (χ0n) is 16.2. The molecule has 0 saturated carbocycles. The summed E-state index contributed by atoms with van der Waals surface area (Å²) in [5.41, 5.74) is 2.03. The van der Waals surface area contributed by atoms with Gasteiger partial charge in [0.15, 0.2) is 0 Å². The third-order valence-electron chi connectivity index (χ3n) is 5.22. The quantitative estimate of drug-likeness (QED) is 0.842. The minimum Gasteiger partial charge on any atom is -0.497 e. The molecule has 5 nitrogen and oxygen atoms in total. The van der Waals surface area contributed by atoms with Gasteiger partial charge in [0.25, 0.3) is 0 Å². The van der Waals surface area contributed by atoms with Crippen molar-refractivity contribution >= 4 is 11.7 Å². The van der Waals surface area contributed by atoms with E-state index in [1.165, 1.54) is 0 Å². The Labute approximate surface area is 161 Å². The molecular weight excluding hydrogens is 340 g/mol. The molecule has 0 spiro atoms. The Hall–Kier alpha value is -2.53. The molecule has 27 heavy (non-hydrogen) atoms. The number of carbonyl (C=O) groups excluding carboxylic acids is 1. The first kappa shape index (κ1) is 19.2. The fourth-order valence-electron chi connectivity index (χ4n) is 3.52. The van der Waals surface area contributed by atoms with E-state index in [9.17, 15) is 9.90 Å². The lowest BCUT2D eigenvalue weighted by Gasteiger charge is -2.38. The van der Waals surface area contributed by atoms with E-state index >= 15 is 0 Å². The molecular formula is C22H28N2O3. The second-order valence-electron chi connectivity index (χ2n) is 7.68. The van der Waals surface area contributed by atoms with Crippen LogP contribution in [-0.4, -0.2) is 41.8 Å². The van der Waals surface area contributed by atoms with Gasteiger partial charge in [0.1, 0.15) is 5.75 Å². The van der Waals surface area contributed by atoms with Crippen molar-refractivity contribution in [2.24, 2.45) is 5.92 Å². The largest absolute Gasteiger partial charge is 0.497 e. The van der Waals surface area contributed by atoms with Crippen LogP contribution < -0.4 is 10.1 Å². The van der Waals surface area contributed by atoms with Crippen molar-refractivity contribution in [1.29, 1.82) is 0 Å². The summed E-state index contributed by atoms with van der Waals surface area (Å²) >= 11 is 0. The molecule has 1 atom stereocenters. The van der Waals surface area contributed by atoms with E-state index in [-0.39, 0.29) is 11.9 Å². The molecule has 1 aliphatic heterocycles. The predicted octanol–water partition coefficient (Wildman–Crippen LogP) is 4.38. The zero-order chi connectivity index (χ0) is 19.4. The minimum absolute atomic E-state index is 0.0973. The SMILES string of the molecule is COc1cccc(-c2cccc(NC(=O)N3CCC[C@H](C(C)(C)O)C3)c2)c1. The zero-order valence-corrected chi connectivity index (χ0v) is 16.2. The number of likely N-dealkylation sites (tertiary alicyclic amines) is 1. The molecule has 2 aromatic rings. The van der Waals surface area contributed by atoms with Crippen LogP contribution >= 0.6 is 0 Å². The van der Waals surface area contributed by atoms with Crippen LogP contribution in [0, 0.1) is 5.92 Å². The molecule has 0 aliphatic carbocycles. The molecule has 0 bridgehead atoms. The van der Waals surface area contributed by atoms with E-state index in [1.807, 2.05) is 62.4 Å². The third kappa shape index (κ3) is 4.80.